The summed E-state index contributed by atoms with van der Waals surface area (Å²) >= 11 is 0. The van der Waals surface area contributed by atoms with E-state index in [0.29, 0.717) is 11.9 Å². The zero-order chi connectivity index (χ0) is 22.7. The SMILES string of the molecule is O=C(CCCn1c(=O)oc2cc([N+](=O)[O-])ccc21)NNC(=O)Cc1c[nH]c2ccccc12. The molecule has 2 aromatic carbocycles. The molecule has 0 bridgehead atoms. The van der Waals surface area contributed by atoms with Crippen molar-refractivity contribution in [3.63, 3.8) is 0 Å². The Bertz CT molecular complexity index is 1380. The molecule has 0 fully saturated rings. The van der Waals surface area contributed by atoms with E-state index < -0.39 is 16.6 Å². The molecule has 0 aliphatic carbocycles. The van der Waals surface area contributed by atoms with Crippen LogP contribution in [0.1, 0.15) is 18.4 Å². The van der Waals surface area contributed by atoms with Crippen molar-refractivity contribution in [3.8, 4) is 0 Å². The van der Waals surface area contributed by atoms with Gasteiger partial charge in [-0.1, -0.05) is 18.2 Å². The number of non-ortho nitro benzene ring substituents is 1. The van der Waals surface area contributed by atoms with Gasteiger partial charge in [-0.15, -0.1) is 0 Å². The second-order valence-corrected chi connectivity index (χ2v) is 7.16. The Kier molecular flexibility index (Phi) is 5.71. The van der Waals surface area contributed by atoms with Gasteiger partial charge in [-0.25, -0.2) is 4.79 Å². The number of hydrogen-bond acceptors (Lipinski definition) is 6. The smallest absolute Gasteiger partial charge is 0.407 e. The number of nitrogens with zero attached hydrogens (tertiary/aromatic N) is 2. The van der Waals surface area contributed by atoms with Crippen molar-refractivity contribution < 1.29 is 18.9 Å². The number of carbonyl (C=O) groups excluding carboxylic acids is 2. The number of carbonyl (C=O) groups is 2. The van der Waals surface area contributed by atoms with E-state index >= 15 is 0 Å². The van der Waals surface area contributed by atoms with E-state index in [2.05, 4.69) is 15.8 Å². The Morgan fingerprint density at radius 3 is 2.72 bits per heavy atom. The van der Waals surface area contributed by atoms with Gasteiger partial charge >= 0.3 is 5.76 Å². The van der Waals surface area contributed by atoms with Crippen LogP contribution in [0.4, 0.5) is 5.69 Å². The molecule has 0 saturated heterocycles. The zero-order valence-electron chi connectivity index (χ0n) is 16.8. The van der Waals surface area contributed by atoms with E-state index in [0.717, 1.165) is 16.5 Å². The summed E-state index contributed by atoms with van der Waals surface area (Å²) in [5.41, 5.74) is 6.83. The van der Waals surface area contributed by atoms with Gasteiger partial charge in [0.05, 0.1) is 22.9 Å². The predicted molar refractivity (Wildman–Crippen MR) is 115 cm³/mol. The maximum atomic E-state index is 12.1. The monoisotopic (exact) mass is 437 g/mol. The summed E-state index contributed by atoms with van der Waals surface area (Å²) in [5.74, 6) is -1.43. The Morgan fingerprint density at radius 1 is 1.12 bits per heavy atom. The molecular weight excluding hydrogens is 418 g/mol. The molecule has 2 amide bonds. The van der Waals surface area contributed by atoms with Gasteiger partial charge in [-0.05, 0) is 24.1 Å². The summed E-state index contributed by atoms with van der Waals surface area (Å²) in [6.07, 6.45) is 2.22. The first-order chi connectivity index (χ1) is 15.4. The van der Waals surface area contributed by atoms with Crippen molar-refractivity contribution in [1.82, 2.24) is 20.4 Å². The Hall–Kier alpha value is -4.41. The van der Waals surface area contributed by atoms with Gasteiger partial charge in [-0.3, -0.25) is 35.1 Å². The number of fused-ring (bicyclic) bond motifs is 2. The molecule has 0 radical (unpaired) electrons. The van der Waals surface area contributed by atoms with Crippen molar-refractivity contribution in [2.75, 3.05) is 0 Å². The summed E-state index contributed by atoms with van der Waals surface area (Å²) in [7, 11) is 0. The molecular formula is C21H19N5O6. The summed E-state index contributed by atoms with van der Waals surface area (Å²) < 4.78 is 6.36. The number of rotatable bonds is 7. The molecule has 3 N–H and O–H groups in total. The molecule has 0 atom stereocenters. The average Bonchev–Trinajstić information content (AvgIpc) is 3.32. The number of hydrazine groups is 1. The first-order valence-corrected chi connectivity index (χ1v) is 9.83. The highest BCUT2D eigenvalue weighted by atomic mass is 16.6. The van der Waals surface area contributed by atoms with Gasteiger partial charge in [0.2, 0.25) is 11.8 Å². The normalized spacial score (nSPS) is 11.0. The molecule has 11 nitrogen and oxygen atoms in total. The van der Waals surface area contributed by atoms with E-state index in [4.69, 9.17) is 4.42 Å². The summed E-state index contributed by atoms with van der Waals surface area (Å²) in [5, 5.41) is 11.8. The number of aryl methyl sites for hydroxylation is 1. The van der Waals surface area contributed by atoms with Crippen molar-refractivity contribution in [3.05, 3.63) is 74.9 Å². The zero-order valence-corrected chi connectivity index (χ0v) is 16.8. The number of hydrogen-bond donors (Lipinski definition) is 3. The quantitative estimate of drug-likeness (QED) is 0.298. The molecule has 4 rings (SSSR count). The lowest BCUT2D eigenvalue weighted by Crippen LogP contribution is -2.42. The van der Waals surface area contributed by atoms with E-state index in [1.165, 1.54) is 22.8 Å². The van der Waals surface area contributed by atoms with Crippen LogP contribution in [0.3, 0.4) is 0 Å². The summed E-state index contributed by atoms with van der Waals surface area (Å²) in [6, 6.07) is 11.5. The third-order valence-corrected chi connectivity index (χ3v) is 5.02. The predicted octanol–water partition coefficient (Wildman–Crippen LogP) is 2.15. The van der Waals surface area contributed by atoms with E-state index in [-0.39, 0.29) is 36.6 Å². The second-order valence-electron chi connectivity index (χ2n) is 7.16. The standard InChI is InChI=1S/C21H19N5O6/c27-19(23-24-20(28)10-13-12-22-16-5-2-1-4-15(13)16)6-3-9-25-17-8-7-14(26(30)31)11-18(17)32-21(25)29/h1-2,4-5,7-8,11-12,22H,3,6,9-10H2,(H,23,27)(H,24,28). The van der Waals surface area contributed by atoms with Crippen molar-refractivity contribution >= 4 is 39.5 Å². The lowest BCUT2D eigenvalue weighted by atomic mass is 10.1. The van der Waals surface area contributed by atoms with Crippen LogP contribution in [-0.2, 0) is 22.6 Å². The molecule has 164 valence electrons. The largest absolute Gasteiger partial charge is 0.419 e. The summed E-state index contributed by atoms with van der Waals surface area (Å²) in [6.45, 7) is 0.181. The number of oxazole rings is 1. The van der Waals surface area contributed by atoms with Crippen LogP contribution in [0, 0.1) is 10.1 Å². The third kappa shape index (κ3) is 4.36. The molecule has 2 aromatic heterocycles. The number of para-hydroxylation sites is 1. The van der Waals surface area contributed by atoms with Crippen LogP contribution < -0.4 is 16.6 Å². The fourth-order valence-electron chi connectivity index (χ4n) is 3.48. The Balaban J connectivity index is 1.27. The number of nitro groups is 1. The van der Waals surface area contributed by atoms with E-state index in [9.17, 15) is 24.5 Å². The second kappa shape index (κ2) is 8.76. The first kappa shape index (κ1) is 20.8. The number of amides is 2. The first-order valence-electron chi connectivity index (χ1n) is 9.83. The highest BCUT2D eigenvalue weighted by Crippen LogP contribution is 2.20. The van der Waals surface area contributed by atoms with Crippen LogP contribution in [0.5, 0.6) is 0 Å². The maximum Gasteiger partial charge on any atom is 0.419 e. The average molecular weight is 437 g/mol. The van der Waals surface area contributed by atoms with Gasteiger partial charge < -0.3 is 9.40 Å². The maximum absolute atomic E-state index is 12.1. The van der Waals surface area contributed by atoms with Gasteiger partial charge in [0.25, 0.3) is 5.69 Å². The highest BCUT2D eigenvalue weighted by Gasteiger charge is 2.15. The third-order valence-electron chi connectivity index (χ3n) is 5.02. The van der Waals surface area contributed by atoms with Crippen LogP contribution in [0.15, 0.2) is 57.9 Å². The Morgan fingerprint density at radius 2 is 1.91 bits per heavy atom. The number of benzene rings is 2. The van der Waals surface area contributed by atoms with Crippen LogP contribution in [-0.4, -0.2) is 26.3 Å². The minimum Gasteiger partial charge on any atom is -0.407 e. The fourth-order valence-corrected chi connectivity index (χ4v) is 3.48. The van der Waals surface area contributed by atoms with Crippen molar-refractivity contribution in [2.24, 2.45) is 0 Å². The van der Waals surface area contributed by atoms with Crippen molar-refractivity contribution in [2.45, 2.75) is 25.8 Å². The van der Waals surface area contributed by atoms with Gasteiger partial charge in [0, 0.05) is 36.1 Å². The number of aromatic amines is 1. The number of aromatic nitrogens is 2. The molecule has 4 aromatic rings. The van der Waals surface area contributed by atoms with Crippen LogP contribution in [0.2, 0.25) is 0 Å². The number of nitrogens with one attached hydrogen (secondary N) is 3. The lowest BCUT2D eigenvalue weighted by molar-refractivity contribution is -0.384. The molecule has 0 spiro atoms. The van der Waals surface area contributed by atoms with Crippen LogP contribution in [0.25, 0.3) is 22.0 Å². The lowest BCUT2D eigenvalue weighted by Gasteiger charge is -2.07. The highest BCUT2D eigenvalue weighted by molar-refractivity contribution is 5.89. The molecule has 0 aliphatic rings. The Labute approximate surface area is 180 Å². The summed E-state index contributed by atoms with van der Waals surface area (Å²) in [4.78, 5) is 49.6. The number of H-pyrrole nitrogens is 1. The minimum absolute atomic E-state index is 0.0550. The molecule has 0 aliphatic heterocycles. The van der Waals surface area contributed by atoms with Crippen LogP contribution >= 0.6 is 0 Å². The topological polar surface area (TPSA) is 152 Å². The van der Waals surface area contributed by atoms with Crippen molar-refractivity contribution in [1.29, 1.82) is 0 Å². The number of nitro benzene ring substituents is 1. The molecule has 2 heterocycles. The molecule has 11 heteroatoms. The van der Waals surface area contributed by atoms with Gasteiger partial charge in [0.1, 0.15) is 0 Å². The fraction of sp³-hybridized carbons (Fsp3) is 0.190. The molecule has 0 unspecified atom stereocenters. The van der Waals surface area contributed by atoms with Gasteiger partial charge in [-0.2, -0.15) is 0 Å². The van der Waals surface area contributed by atoms with E-state index in [1.807, 2.05) is 24.3 Å². The minimum atomic E-state index is -0.659. The van der Waals surface area contributed by atoms with E-state index in [1.54, 1.807) is 6.20 Å². The molecule has 0 saturated carbocycles. The van der Waals surface area contributed by atoms with Gasteiger partial charge in [0.15, 0.2) is 5.58 Å². The molecule has 32 heavy (non-hydrogen) atoms.